The van der Waals surface area contributed by atoms with Gasteiger partial charge in [0.05, 0.1) is 14.2 Å². The number of nitrogens with zero attached hydrogens (tertiary/aromatic N) is 4. The van der Waals surface area contributed by atoms with Gasteiger partial charge in [-0.2, -0.15) is 0 Å². The molecule has 0 saturated heterocycles. The number of fused-ring (bicyclic) bond motifs is 1. The predicted octanol–water partition coefficient (Wildman–Crippen LogP) is 1.61. The Morgan fingerprint density at radius 3 is 2.53 bits per heavy atom. The summed E-state index contributed by atoms with van der Waals surface area (Å²) in [5.74, 6) is 1.39. The molecule has 0 amide bonds. The summed E-state index contributed by atoms with van der Waals surface area (Å²) in [5, 5.41) is 3.97. The molecule has 3 rings (SSSR count). The first kappa shape index (κ1) is 11.5. The predicted molar refractivity (Wildman–Crippen MR) is 68.2 cm³/mol. The Hall–Kier alpha value is -2.63. The molecule has 6 heteroatoms. The first-order valence-electron chi connectivity index (χ1n) is 5.62. The molecule has 2 aromatic heterocycles. The van der Waals surface area contributed by atoms with Crippen molar-refractivity contribution in [3.05, 3.63) is 36.9 Å². The summed E-state index contributed by atoms with van der Waals surface area (Å²) in [6.45, 7) is 0. The van der Waals surface area contributed by atoms with Crippen LogP contribution in [0.3, 0.4) is 0 Å². The lowest BCUT2D eigenvalue weighted by atomic mass is 10.1. The number of methoxy groups -OCH3 is 2. The third kappa shape index (κ3) is 1.97. The number of benzene rings is 1. The van der Waals surface area contributed by atoms with Crippen molar-refractivity contribution in [1.82, 2.24) is 19.6 Å². The van der Waals surface area contributed by atoms with Crippen LogP contribution in [0.5, 0.6) is 11.5 Å². The van der Waals surface area contributed by atoms with Crippen molar-refractivity contribution in [3.63, 3.8) is 0 Å². The Bertz CT molecular complexity index is 701. The fourth-order valence-corrected chi connectivity index (χ4v) is 1.86. The van der Waals surface area contributed by atoms with Crippen LogP contribution < -0.4 is 9.47 Å². The number of aromatic nitrogens is 4. The van der Waals surface area contributed by atoms with Gasteiger partial charge >= 0.3 is 0 Å². The monoisotopic (exact) mass is 255 g/mol. The van der Waals surface area contributed by atoms with Gasteiger partial charge in [-0.3, -0.25) is 4.98 Å². The van der Waals surface area contributed by atoms with Gasteiger partial charge in [-0.15, -0.1) is 5.10 Å². The van der Waals surface area contributed by atoms with E-state index in [1.165, 1.54) is 0 Å². The Balaban J connectivity index is 2.23. The van der Waals surface area contributed by atoms with E-state index in [-0.39, 0.29) is 0 Å². The van der Waals surface area contributed by atoms with E-state index in [1.54, 1.807) is 37.2 Å². The van der Waals surface area contributed by atoms with Gasteiger partial charge in [0.15, 0.2) is 5.65 Å². The minimum atomic E-state index is 0.637. The van der Waals surface area contributed by atoms with Crippen molar-refractivity contribution in [3.8, 4) is 22.8 Å². The molecule has 0 aliphatic rings. The summed E-state index contributed by atoms with van der Waals surface area (Å²) in [6, 6.07) is 5.55. The van der Waals surface area contributed by atoms with Crippen LogP contribution in [0.15, 0.2) is 30.6 Å². The van der Waals surface area contributed by atoms with Crippen molar-refractivity contribution in [2.75, 3.05) is 14.2 Å². The van der Waals surface area contributed by atoms with Crippen LogP contribution in [0.4, 0.5) is 0 Å². The average Bonchev–Trinajstić information content (AvgIpc) is 2.94. The standard InChI is InChI=1S/C13H11N4O2/c1-18-10-5-9(6-11(7-10)19-2)12-13-15-8-16-17(13)4-3-14-12/h3-7H,1-2H3. The Morgan fingerprint density at radius 1 is 1.11 bits per heavy atom. The first-order chi connectivity index (χ1) is 9.31. The van der Waals surface area contributed by atoms with Gasteiger partial charge in [0, 0.05) is 24.0 Å². The Kier molecular flexibility index (Phi) is 2.75. The molecule has 0 saturated carbocycles. The highest BCUT2D eigenvalue weighted by Gasteiger charge is 2.10. The van der Waals surface area contributed by atoms with Gasteiger partial charge in [0.1, 0.15) is 17.2 Å². The van der Waals surface area contributed by atoms with Crippen molar-refractivity contribution >= 4 is 5.65 Å². The molecule has 1 aromatic carbocycles. The number of ether oxygens (including phenoxy) is 2. The minimum Gasteiger partial charge on any atom is -0.497 e. The summed E-state index contributed by atoms with van der Waals surface area (Å²) >= 11 is 0. The summed E-state index contributed by atoms with van der Waals surface area (Å²) in [7, 11) is 3.22. The van der Waals surface area contributed by atoms with E-state index in [9.17, 15) is 0 Å². The second-order valence-corrected chi connectivity index (χ2v) is 3.86. The highest BCUT2D eigenvalue weighted by atomic mass is 16.5. The Labute approximate surface area is 109 Å². The van der Waals surface area contributed by atoms with Crippen LogP contribution in [0, 0.1) is 6.33 Å². The second kappa shape index (κ2) is 4.56. The molecule has 0 spiro atoms. The molecule has 6 nitrogen and oxygen atoms in total. The highest BCUT2D eigenvalue weighted by Crippen LogP contribution is 2.29. The second-order valence-electron chi connectivity index (χ2n) is 3.86. The lowest BCUT2D eigenvalue weighted by molar-refractivity contribution is 0.394. The maximum atomic E-state index is 5.25. The van der Waals surface area contributed by atoms with Crippen LogP contribution >= 0.6 is 0 Å². The van der Waals surface area contributed by atoms with Gasteiger partial charge in [-0.1, -0.05) is 0 Å². The lowest BCUT2D eigenvalue weighted by Gasteiger charge is -2.08. The molecule has 95 valence electrons. The summed E-state index contributed by atoms with van der Waals surface area (Å²) in [6.07, 6.45) is 5.95. The summed E-state index contributed by atoms with van der Waals surface area (Å²) in [4.78, 5) is 8.43. The zero-order valence-corrected chi connectivity index (χ0v) is 10.5. The van der Waals surface area contributed by atoms with E-state index in [0.29, 0.717) is 22.8 Å². The van der Waals surface area contributed by atoms with Crippen LogP contribution in [0.1, 0.15) is 0 Å². The number of hydrogen-bond acceptors (Lipinski definition) is 5. The molecule has 19 heavy (non-hydrogen) atoms. The molecule has 0 fully saturated rings. The van der Waals surface area contributed by atoms with Crippen molar-refractivity contribution in [1.29, 1.82) is 0 Å². The molecule has 0 unspecified atom stereocenters. The lowest BCUT2D eigenvalue weighted by Crippen LogP contribution is -1.94. The van der Waals surface area contributed by atoms with Gasteiger partial charge < -0.3 is 9.47 Å². The van der Waals surface area contributed by atoms with Gasteiger partial charge in [-0.25, -0.2) is 9.50 Å². The van der Waals surface area contributed by atoms with E-state index >= 15 is 0 Å². The van der Waals surface area contributed by atoms with Crippen LogP contribution in [0.2, 0.25) is 0 Å². The summed E-state index contributed by atoms with van der Waals surface area (Å²) in [5.41, 5.74) is 2.19. The quantitative estimate of drug-likeness (QED) is 0.711. The SMILES string of the molecule is COc1cc(OC)cc(-c2nccn3n[c]nc23)c1. The normalized spacial score (nSPS) is 10.6. The highest BCUT2D eigenvalue weighted by molar-refractivity contribution is 5.75. The molecule has 0 bridgehead atoms. The van der Waals surface area contributed by atoms with E-state index in [0.717, 1.165) is 5.56 Å². The van der Waals surface area contributed by atoms with E-state index in [1.807, 2.05) is 12.1 Å². The maximum Gasteiger partial charge on any atom is 0.221 e. The number of hydrogen-bond donors (Lipinski definition) is 0. The van der Waals surface area contributed by atoms with E-state index in [2.05, 4.69) is 21.4 Å². The van der Waals surface area contributed by atoms with Crippen LogP contribution in [-0.2, 0) is 0 Å². The molecular weight excluding hydrogens is 244 g/mol. The average molecular weight is 255 g/mol. The Morgan fingerprint density at radius 2 is 1.84 bits per heavy atom. The van der Waals surface area contributed by atoms with Crippen LogP contribution in [0.25, 0.3) is 16.9 Å². The molecule has 0 N–H and O–H groups in total. The third-order valence-corrected chi connectivity index (χ3v) is 2.77. The maximum absolute atomic E-state index is 5.25. The van der Waals surface area contributed by atoms with Crippen molar-refractivity contribution in [2.45, 2.75) is 0 Å². The topological polar surface area (TPSA) is 61.5 Å². The molecule has 3 aromatic rings. The molecular formula is C13H11N4O2. The molecule has 0 aliphatic heterocycles. The molecule has 1 radical (unpaired) electrons. The molecule has 0 aliphatic carbocycles. The van der Waals surface area contributed by atoms with Gasteiger partial charge in [-0.05, 0) is 12.1 Å². The summed E-state index contributed by atoms with van der Waals surface area (Å²) < 4.78 is 12.1. The van der Waals surface area contributed by atoms with E-state index < -0.39 is 0 Å². The fourth-order valence-electron chi connectivity index (χ4n) is 1.86. The third-order valence-electron chi connectivity index (χ3n) is 2.77. The van der Waals surface area contributed by atoms with Gasteiger partial charge in [0.2, 0.25) is 6.33 Å². The molecule has 2 heterocycles. The minimum absolute atomic E-state index is 0.637. The fraction of sp³-hybridized carbons (Fsp3) is 0.154. The zero-order chi connectivity index (χ0) is 13.2. The molecule has 0 atom stereocenters. The number of rotatable bonds is 3. The van der Waals surface area contributed by atoms with E-state index in [4.69, 9.17) is 9.47 Å². The van der Waals surface area contributed by atoms with Gasteiger partial charge in [0.25, 0.3) is 0 Å². The zero-order valence-electron chi connectivity index (χ0n) is 10.5. The van der Waals surface area contributed by atoms with Crippen LogP contribution in [-0.4, -0.2) is 33.8 Å². The smallest absolute Gasteiger partial charge is 0.221 e. The largest absolute Gasteiger partial charge is 0.497 e. The van der Waals surface area contributed by atoms with Crippen molar-refractivity contribution in [2.24, 2.45) is 0 Å². The van der Waals surface area contributed by atoms with Crippen molar-refractivity contribution < 1.29 is 9.47 Å². The first-order valence-corrected chi connectivity index (χ1v) is 5.62.